The zero-order valence-corrected chi connectivity index (χ0v) is 14.2. The Morgan fingerprint density at radius 3 is 2.88 bits per heavy atom. The van der Waals surface area contributed by atoms with E-state index >= 15 is 0 Å². The number of fused-ring (bicyclic) bond motifs is 3. The highest BCUT2D eigenvalue weighted by Gasteiger charge is 2.22. The summed E-state index contributed by atoms with van der Waals surface area (Å²) in [5.41, 5.74) is 3.00. The molecular formula is C19H23NO4. The number of carbonyl (C=O) groups excluding carboxylic acids is 1. The first kappa shape index (κ1) is 16.6. The molecule has 0 spiro atoms. The van der Waals surface area contributed by atoms with Crippen LogP contribution in [0.2, 0.25) is 0 Å². The highest BCUT2D eigenvalue weighted by Crippen LogP contribution is 2.35. The molecule has 1 N–H and O–H groups in total. The Morgan fingerprint density at radius 2 is 2.08 bits per heavy atom. The molecule has 0 bridgehead atoms. The molecule has 5 heteroatoms. The molecule has 1 heterocycles. The lowest BCUT2D eigenvalue weighted by atomic mass is 10.0. The SMILES string of the molecule is CCCCNC(=O)COc1cc(C)cc2oc(=O)c3c(c12)CCC3. The number of aryl methyl sites for hydroxylation is 2. The van der Waals surface area contributed by atoms with E-state index in [4.69, 9.17) is 9.15 Å². The standard InChI is InChI=1S/C19H23NO4/c1-3-4-8-20-17(21)11-23-15-9-12(2)10-16-18(15)13-6-5-7-14(13)19(22)24-16/h9-10H,3-8,11H2,1-2H3,(H,20,21). The Labute approximate surface area is 141 Å². The number of nitrogens with one attached hydrogen (secondary N) is 1. The summed E-state index contributed by atoms with van der Waals surface area (Å²) in [4.78, 5) is 24.0. The van der Waals surface area contributed by atoms with Crippen molar-refractivity contribution in [1.82, 2.24) is 5.32 Å². The number of carbonyl (C=O) groups is 1. The van der Waals surface area contributed by atoms with Crippen LogP contribution < -0.4 is 15.7 Å². The second kappa shape index (κ2) is 7.07. The highest BCUT2D eigenvalue weighted by molar-refractivity contribution is 5.89. The van der Waals surface area contributed by atoms with Gasteiger partial charge in [0, 0.05) is 12.1 Å². The second-order valence-corrected chi connectivity index (χ2v) is 6.33. The topological polar surface area (TPSA) is 68.5 Å². The Bertz CT molecular complexity index is 822. The largest absolute Gasteiger partial charge is 0.483 e. The van der Waals surface area contributed by atoms with Gasteiger partial charge in [0.2, 0.25) is 0 Å². The maximum atomic E-state index is 12.1. The number of benzene rings is 1. The van der Waals surface area contributed by atoms with Crippen LogP contribution in [-0.4, -0.2) is 19.1 Å². The molecule has 0 fully saturated rings. The summed E-state index contributed by atoms with van der Waals surface area (Å²) < 4.78 is 11.3. The van der Waals surface area contributed by atoms with Crippen molar-refractivity contribution in [3.63, 3.8) is 0 Å². The number of unbranched alkanes of at least 4 members (excludes halogenated alkanes) is 1. The van der Waals surface area contributed by atoms with Crippen molar-refractivity contribution in [2.75, 3.05) is 13.2 Å². The Hall–Kier alpha value is -2.30. The molecule has 0 radical (unpaired) electrons. The average Bonchev–Trinajstić information content (AvgIpc) is 3.02. The summed E-state index contributed by atoms with van der Waals surface area (Å²) in [7, 11) is 0. The molecule has 0 unspecified atom stereocenters. The minimum atomic E-state index is -0.246. The molecule has 5 nitrogen and oxygen atoms in total. The summed E-state index contributed by atoms with van der Waals surface area (Å²) in [6, 6.07) is 3.75. The molecule has 0 saturated heterocycles. The van der Waals surface area contributed by atoms with Crippen molar-refractivity contribution >= 4 is 16.9 Å². The van der Waals surface area contributed by atoms with E-state index in [9.17, 15) is 9.59 Å². The zero-order valence-electron chi connectivity index (χ0n) is 14.2. The molecule has 1 amide bonds. The third kappa shape index (κ3) is 3.30. The van der Waals surface area contributed by atoms with E-state index in [2.05, 4.69) is 12.2 Å². The van der Waals surface area contributed by atoms with Crippen molar-refractivity contribution in [1.29, 1.82) is 0 Å². The molecular weight excluding hydrogens is 306 g/mol. The minimum absolute atomic E-state index is 0.0316. The average molecular weight is 329 g/mol. The summed E-state index contributed by atoms with van der Waals surface area (Å²) in [6.07, 6.45) is 4.54. The quantitative estimate of drug-likeness (QED) is 0.653. The van der Waals surface area contributed by atoms with Gasteiger partial charge in [-0.25, -0.2) is 4.79 Å². The number of amides is 1. The van der Waals surface area contributed by atoms with Gasteiger partial charge in [-0.2, -0.15) is 0 Å². The van der Waals surface area contributed by atoms with Gasteiger partial charge in [0.05, 0.1) is 5.39 Å². The predicted molar refractivity (Wildman–Crippen MR) is 92.7 cm³/mol. The van der Waals surface area contributed by atoms with Crippen molar-refractivity contribution in [2.24, 2.45) is 0 Å². The molecule has 1 aliphatic carbocycles. The normalized spacial score (nSPS) is 13.1. The van der Waals surface area contributed by atoms with Crippen molar-refractivity contribution in [3.05, 3.63) is 39.2 Å². The first-order chi connectivity index (χ1) is 11.6. The molecule has 24 heavy (non-hydrogen) atoms. The van der Waals surface area contributed by atoms with E-state index in [0.717, 1.165) is 54.2 Å². The smallest absolute Gasteiger partial charge is 0.339 e. The van der Waals surface area contributed by atoms with Crippen LogP contribution in [0.3, 0.4) is 0 Å². The zero-order chi connectivity index (χ0) is 17.1. The summed E-state index contributed by atoms with van der Waals surface area (Å²) in [6.45, 7) is 4.63. The number of hydrogen-bond acceptors (Lipinski definition) is 4. The maximum Gasteiger partial charge on any atom is 0.339 e. The van der Waals surface area contributed by atoms with Gasteiger partial charge in [0.1, 0.15) is 11.3 Å². The summed E-state index contributed by atoms with van der Waals surface area (Å²) in [5, 5.41) is 3.68. The molecule has 128 valence electrons. The molecule has 0 saturated carbocycles. The van der Waals surface area contributed by atoms with E-state index in [1.807, 2.05) is 19.1 Å². The molecule has 0 atom stereocenters. The van der Waals surface area contributed by atoms with Gasteiger partial charge in [-0.15, -0.1) is 0 Å². The van der Waals surface area contributed by atoms with E-state index in [0.29, 0.717) is 17.9 Å². The fourth-order valence-electron chi connectivity index (χ4n) is 3.22. The Balaban J connectivity index is 1.89. The van der Waals surface area contributed by atoms with Crippen LogP contribution in [-0.2, 0) is 17.6 Å². The predicted octanol–water partition coefficient (Wildman–Crippen LogP) is 2.89. The molecule has 1 aliphatic rings. The van der Waals surface area contributed by atoms with E-state index < -0.39 is 0 Å². The van der Waals surface area contributed by atoms with Gasteiger partial charge < -0.3 is 14.5 Å². The van der Waals surface area contributed by atoms with Gasteiger partial charge >= 0.3 is 5.63 Å². The van der Waals surface area contributed by atoms with E-state index in [1.54, 1.807) is 0 Å². The number of ether oxygens (including phenoxy) is 1. The third-order valence-electron chi connectivity index (χ3n) is 4.39. The van der Waals surface area contributed by atoms with Crippen LogP contribution in [0.1, 0.15) is 42.9 Å². The van der Waals surface area contributed by atoms with Crippen molar-refractivity contribution in [3.8, 4) is 5.75 Å². The van der Waals surface area contributed by atoms with E-state index in [-0.39, 0.29) is 18.1 Å². The fourth-order valence-corrected chi connectivity index (χ4v) is 3.22. The minimum Gasteiger partial charge on any atom is -0.483 e. The van der Waals surface area contributed by atoms with Crippen LogP contribution >= 0.6 is 0 Å². The highest BCUT2D eigenvalue weighted by atomic mass is 16.5. The molecule has 0 aliphatic heterocycles. The van der Waals surface area contributed by atoms with Gasteiger partial charge in [-0.3, -0.25) is 4.79 Å². The van der Waals surface area contributed by atoms with Crippen LogP contribution in [0.4, 0.5) is 0 Å². The van der Waals surface area contributed by atoms with Gasteiger partial charge in [-0.05, 0) is 55.9 Å². The van der Waals surface area contributed by atoms with Gasteiger partial charge in [0.15, 0.2) is 6.61 Å². The summed E-state index contributed by atoms with van der Waals surface area (Å²) in [5.74, 6) is 0.490. The second-order valence-electron chi connectivity index (χ2n) is 6.33. The van der Waals surface area contributed by atoms with Crippen LogP contribution in [0.5, 0.6) is 5.75 Å². The summed E-state index contributed by atoms with van der Waals surface area (Å²) >= 11 is 0. The first-order valence-electron chi connectivity index (χ1n) is 8.59. The lowest BCUT2D eigenvalue weighted by molar-refractivity contribution is -0.123. The Kier molecular flexibility index (Phi) is 4.88. The molecule has 1 aromatic heterocycles. The van der Waals surface area contributed by atoms with Gasteiger partial charge in [0.25, 0.3) is 5.91 Å². The van der Waals surface area contributed by atoms with Gasteiger partial charge in [-0.1, -0.05) is 13.3 Å². The lowest BCUT2D eigenvalue weighted by Gasteiger charge is -2.13. The molecule has 1 aromatic carbocycles. The number of rotatable bonds is 6. The number of hydrogen-bond donors (Lipinski definition) is 1. The Morgan fingerprint density at radius 1 is 1.29 bits per heavy atom. The van der Waals surface area contributed by atoms with Crippen molar-refractivity contribution in [2.45, 2.75) is 46.0 Å². The first-order valence-corrected chi connectivity index (χ1v) is 8.59. The van der Waals surface area contributed by atoms with E-state index in [1.165, 1.54) is 0 Å². The molecule has 2 aromatic rings. The monoisotopic (exact) mass is 329 g/mol. The van der Waals surface area contributed by atoms with Crippen LogP contribution in [0.25, 0.3) is 11.0 Å². The van der Waals surface area contributed by atoms with Crippen molar-refractivity contribution < 1.29 is 13.9 Å². The fraction of sp³-hybridized carbons (Fsp3) is 0.474. The third-order valence-corrected chi connectivity index (χ3v) is 4.39. The van der Waals surface area contributed by atoms with Crippen LogP contribution in [0.15, 0.2) is 21.3 Å². The van der Waals surface area contributed by atoms with Crippen LogP contribution in [0, 0.1) is 6.92 Å². The molecule has 3 rings (SSSR count). The lowest BCUT2D eigenvalue weighted by Crippen LogP contribution is -2.29. The maximum absolute atomic E-state index is 12.1.